The number of benzene rings is 4. The van der Waals surface area contributed by atoms with Crippen LogP contribution in [0.1, 0.15) is 40.6 Å². The molecule has 0 aliphatic rings. The number of pyridine rings is 2. The van der Waals surface area contributed by atoms with Crippen LogP contribution >= 0.6 is 24.8 Å². The molecule has 0 saturated carbocycles. The highest BCUT2D eigenvalue weighted by Crippen LogP contribution is 2.33. The molecule has 10 nitrogen and oxygen atoms in total. The van der Waals surface area contributed by atoms with E-state index in [9.17, 15) is 0 Å². The van der Waals surface area contributed by atoms with Gasteiger partial charge in [-0.1, -0.05) is 121 Å². The number of carbonyl (C=O) groups is 1. The van der Waals surface area contributed by atoms with Crippen LogP contribution in [0.2, 0.25) is 0 Å². The Morgan fingerprint density at radius 3 is 1.09 bits per heavy atom. The van der Waals surface area contributed by atoms with Crippen LogP contribution < -0.4 is 29.6 Å². The molecular formula is C44H48Cl2N4O6. The van der Waals surface area contributed by atoms with Crippen molar-refractivity contribution < 1.29 is 28.8 Å². The first-order chi connectivity index (χ1) is 26.5. The van der Waals surface area contributed by atoms with Gasteiger partial charge in [-0.2, -0.15) is 0 Å². The molecule has 0 aliphatic heterocycles. The van der Waals surface area contributed by atoms with Gasteiger partial charge in [0.25, 0.3) is 5.97 Å². The van der Waals surface area contributed by atoms with Crippen molar-refractivity contribution in [2.24, 2.45) is 0 Å². The zero-order chi connectivity index (χ0) is 37.6. The van der Waals surface area contributed by atoms with E-state index < -0.39 is 5.97 Å². The monoisotopic (exact) mass is 798 g/mol. The van der Waals surface area contributed by atoms with E-state index in [0.717, 1.165) is 40.6 Å². The standard InChI is InChI=1S/C42H42N4O4.C2H4O2.2ClH/c1-5-13-33(14-6-1)29-47-39-21-23-45-37(41(39)49-31-35-17-9-3-10-18-35)27-43-25-26-44-28-38-42(50-32-36-19-11-4-12-20-36)40(22-24-46-38)48-30-34-15-7-2-8-16-34;1-2(3)4;;/h1-24,43-44H,25-32H2;1H3,(H,3,4);2*1H. The molecule has 6 aromatic rings. The minimum Gasteiger partial charge on any atom is -0.485 e. The fourth-order valence-electron chi connectivity index (χ4n) is 5.25. The van der Waals surface area contributed by atoms with Crippen molar-refractivity contribution in [1.29, 1.82) is 0 Å². The molecule has 2 heterocycles. The highest BCUT2D eigenvalue weighted by molar-refractivity contribution is 5.85. The van der Waals surface area contributed by atoms with Gasteiger partial charge in [0.2, 0.25) is 0 Å². The molecule has 0 radical (unpaired) electrons. The summed E-state index contributed by atoms with van der Waals surface area (Å²) in [5, 5.41) is 14.4. The summed E-state index contributed by atoms with van der Waals surface area (Å²) in [4.78, 5) is 18.3. The predicted molar refractivity (Wildman–Crippen MR) is 223 cm³/mol. The largest absolute Gasteiger partial charge is 0.485 e. The minimum absolute atomic E-state index is 0. The maximum atomic E-state index is 9.00. The molecule has 56 heavy (non-hydrogen) atoms. The summed E-state index contributed by atoms with van der Waals surface area (Å²) in [6, 6.07) is 44.1. The molecule has 0 aliphatic carbocycles. The van der Waals surface area contributed by atoms with E-state index in [0.29, 0.717) is 75.6 Å². The van der Waals surface area contributed by atoms with Crippen LogP contribution in [0.3, 0.4) is 0 Å². The Labute approximate surface area is 341 Å². The highest BCUT2D eigenvalue weighted by atomic mass is 35.5. The average molecular weight is 800 g/mol. The molecule has 0 spiro atoms. The van der Waals surface area contributed by atoms with Gasteiger partial charge < -0.3 is 34.7 Å². The van der Waals surface area contributed by atoms with Crippen LogP contribution in [0.25, 0.3) is 0 Å². The maximum Gasteiger partial charge on any atom is 0.300 e. The minimum atomic E-state index is -0.833. The predicted octanol–water partition coefficient (Wildman–Crippen LogP) is 8.61. The van der Waals surface area contributed by atoms with Gasteiger partial charge in [-0.25, -0.2) is 0 Å². The third-order valence-corrected chi connectivity index (χ3v) is 7.87. The molecule has 0 amide bonds. The summed E-state index contributed by atoms with van der Waals surface area (Å²) in [6.07, 6.45) is 3.53. The summed E-state index contributed by atoms with van der Waals surface area (Å²) in [7, 11) is 0. The normalized spacial score (nSPS) is 10.1. The van der Waals surface area contributed by atoms with E-state index in [1.165, 1.54) is 0 Å². The second-order valence-corrected chi connectivity index (χ2v) is 12.1. The molecule has 4 aromatic carbocycles. The Morgan fingerprint density at radius 1 is 0.500 bits per heavy atom. The number of carboxylic acids is 1. The van der Waals surface area contributed by atoms with Crippen molar-refractivity contribution in [1.82, 2.24) is 20.6 Å². The summed E-state index contributed by atoms with van der Waals surface area (Å²) < 4.78 is 25.1. The van der Waals surface area contributed by atoms with E-state index in [2.05, 4.69) is 20.6 Å². The summed E-state index contributed by atoms with van der Waals surface area (Å²) in [5.74, 6) is 1.78. The van der Waals surface area contributed by atoms with Crippen LogP contribution in [-0.2, 0) is 44.3 Å². The number of nitrogens with one attached hydrogen (secondary N) is 2. The van der Waals surface area contributed by atoms with Gasteiger partial charge in [-0.15, -0.1) is 24.8 Å². The fourth-order valence-corrected chi connectivity index (χ4v) is 5.25. The molecular weight excluding hydrogens is 751 g/mol. The van der Waals surface area contributed by atoms with E-state index in [1.54, 1.807) is 12.4 Å². The number of hydrogen-bond acceptors (Lipinski definition) is 9. The molecule has 2 aromatic heterocycles. The number of aliphatic carboxylic acids is 1. The van der Waals surface area contributed by atoms with Crippen LogP contribution in [0.15, 0.2) is 146 Å². The number of rotatable bonds is 19. The SMILES string of the molecule is CC(=O)O.Cl.Cl.c1ccc(COc2ccnc(CNCCNCc3nccc(OCc4ccccc4)c3OCc3ccccc3)c2OCc2ccccc2)cc1. The first-order valence-corrected chi connectivity index (χ1v) is 17.8. The van der Waals surface area contributed by atoms with Crippen molar-refractivity contribution in [3.63, 3.8) is 0 Å². The highest BCUT2D eigenvalue weighted by Gasteiger charge is 2.15. The van der Waals surface area contributed by atoms with Crippen LogP contribution in [-0.4, -0.2) is 34.1 Å². The van der Waals surface area contributed by atoms with Crippen molar-refractivity contribution in [2.75, 3.05) is 13.1 Å². The van der Waals surface area contributed by atoms with Gasteiger partial charge in [-0.3, -0.25) is 14.8 Å². The lowest BCUT2D eigenvalue weighted by molar-refractivity contribution is -0.134. The maximum absolute atomic E-state index is 9.00. The number of aromatic nitrogens is 2. The topological polar surface area (TPSA) is 124 Å². The Kier molecular flexibility index (Phi) is 20.3. The van der Waals surface area contributed by atoms with E-state index in [-0.39, 0.29) is 24.8 Å². The Hall–Kier alpha value is -5.65. The molecule has 0 fully saturated rings. The lowest BCUT2D eigenvalue weighted by Crippen LogP contribution is -2.27. The van der Waals surface area contributed by atoms with Gasteiger partial charge >= 0.3 is 0 Å². The summed E-state index contributed by atoms with van der Waals surface area (Å²) in [5.41, 5.74) is 5.88. The molecule has 0 atom stereocenters. The van der Waals surface area contributed by atoms with Crippen molar-refractivity contribution in [3.8, 4) is 23.0 Å². The van der Waals surface area contributed by atoms with Gasteiger partial charge in [0, 0.05) is 57.6 Å². The van der Waals surface area contributed by atoms with Gasteiger partial charge in [0.05, 0.1) is 11.4 Å². The molecule has 294 valence electrons. The van der Waals surface area contributed by atoms with Crippen LogP contribution in [0.4, 0.5) is 0 Å². The van der Waals surface area contributed by atoms with Crippen molar-refractivity contribution in [3.05, 3.63) is 179 Å². The van der Waals surface area contributed by atoms with Crippen molar-refractivity contribution in [2.45, 2.75) is 46.4 Å². The number of halogens is 2. The molecule has 3 N–H and O–H groups in total. The third kappa shape index (κ3) is 15.6. The molecule has 0 bridgehead atoms. The number of hydrogen-bond donors (Lipinski definition) is 3. The summed E-state index contributed by atoms with van der Waals surface area (Å²) >= 11 is 0. The van der Waals surface area contributed by atoms with E-state index in [1.807, 2.05) is 133 Å². The lowest BCUT2D eigenvalue weighted by atomic mass is 10.2. The second kappa shape index (κ2) is 25.4. The van der Waals surface area contributed by atoms with E-state index >= 15 is 0 Å². The molecule has 0 unspecified atom stereocenters. The first kappa shape index (κ1) is 44.7. The second-order valence-electron chi connectivity index (χ2n) is 12.1. The Morgan fingerprint density at radius 2 is 0.786 bits per heavy atom. The average Bonchev–Trinajstić information content (AvgIpc) is 3.21. The zero-order valence-corrected chi connectivity index (χ0v) is 32.8. The first-order valence-electron chi connectivity index (χ1n) is 17.8. The van der Waals surface area contributed by atoms with E-state index in [4.69, 9.17) is 28.8 Å². The van der Waals surface area contributed by atoms with Crippen molar-refractivity contribution >= 4 is 30.8 Å². The molecule has 6 rings (SSSR count). The van der Waals surface area contributed by atoms with Crippen LogP contribution in [0, 0.1) is 0 Å². The number of carboxylic acid groups (broad SMARTS) is 1. The van der Waals surface area contributed by atoms with Crippen LogP contribution in [0.5, 0.6) is 23.0 Å². The van der Waals surface area contributed by atoms with Gasteiger partial charge in [0.15, 0.2) is 23.0 Å². The number of nitrogens with zero attached hydrogens (tertiary/aromatic N) is 2. The Bertz CT molecular complexity index is 1840. The molecule has 0 saturated heterocycles. The van der Waals surface area contributed by atoms with Gasteiger partial charge in [-0.05, 0) is 22.3 Å². The summed E-state index contributed by atoms with van der Waals surface area (Å²) in [6.45, 7) is 5.21. The zero-order valence-electron chi connectivity index (χ0n) is 31.2. The quantitative estimate of drug-likeness (QED) is 0.0687. The lowest BCUT2D eigenvalue weighted by Gasteiger charge is -2.17. The third-order valence-electron chi connectivity index (χ3n) is 7.87. The van der Waals surface area contributed by atoms with Gasteiger partial charge in [0.1, 0.15) is 26.4 Å². The Balaban J connectivity index is 0.00000134. The smallest absolute Gasteiger partial charge is 0.300 e. The number of ether oxygens (including phenoxy) is 4. The molecule has 12 heteroatoms. The fraction of sp³-hybridized carbons (Fsp3) is 0.205.